The minimum absolute atomic E-state index is 0.411. The molecule has 0 saturated heterocycles. The molecule has 1 aliphatic heterocycles. The predicted octanol–water partition coefficient (Wildman–Crippen LogP) is 1.73. The maximum absolute atomic E-state index is 12.1. The van der Waals surface area contributed by atoms with E-state index in [-0.39, 0.29) is 0 Å². The average Bonchev–Trinajstić information content (AvgIpc) is 2.93. The van der Waals surface area contributed by atoms with Gasteiger partial charge in [-0.2, -0.15) is 0 Å². The molecule has 0 N–H and O–H groups in total. The van der Waals surface area contributed by atoms with Crippen molar-refractivity contribution in [3.05, 3.63) is 47.5 Å². The summed E-state index contributed by atoms with van der Waals surface area (Å²) in [7, 11) is 0. The summed E-state index contributed by atoms with van der Waals surface area (Å²) in [6.07, 6.45) is 3.59. The van der Waals surface area contributed by atoms with Gasteiger partial charge in [0.15, 0.2) is 0 Å². The Morgan fingerprint density at radius 2 is 1.95 bits per heavy atom. The molecule has 0 atom stereocenters. The molecular weight excluding hydrogens is 254 g/mol. The number of nitrogens with zero attached hydrogens (tertiary/aromatic N) is 3. The van der Waals surface area contributed by atoms with Crippen molar-refractivity contribution in [3.63, 3.8) is 0 Å². The lowest BCUT2D eigenvalue weighted by Gasteiger charge is -2.17. The second-order valence-electron chi connectivity index (χ2n) is 4.97. The van der Waals surface area contributed by atoms with E-state index in [2.05, 4.69) is 4.98 Å². The van der Waals surface area contributed by atoms with Gasteiger partial charge in [-0.05, 0) is 26.0 Å². The maximum Gasteiger partial charge on any atom is 0.299 e. The smallest absolute Gasteiger partial charge is 0.299 e. The zero-order valence-electron chi connectivity index (χ0n) is 11.5. The van der Waals surface area contributed by atoms with Crippen LogP contribution in [-0.2, 0) is 11.3 Å². The Labute approximate surface area is 116 Å². The number of aryl methyl sites for hydroxylation is 2. The Morgan fingerprint density at radius 1 is 1.15 bits per heavy atom. The summed E-state index contributed by atoms with van der Waals surface area (Å²) in [5.41, 5.74) is 2.21. The van der Waals surface area contributed by atoms with E-state index in [1.54, 1.807) is 17.2 Å². The predicted molar refractivity (Wildman–Crippen MR) is 74.8 cm³/mol. The number of benzene rings is 1. The number of fused-ring (bicyclic) bond motifs is 1. The maximum atomic E-state index is 12.1. The van der Waals surface area contributed by atoms with Gasteiger partial charge in [-0.25, -0.2) is 4.98 Å². The molecule has 3 rings (SSSR count). The lowest BCUT2D eigenvalue weighted by atomic mass is 10.1. The van der Waals surface area contributed by atoms with Gasteiger partial charge in [0.1, 0.15) is 5.82 Å². The van der Waals surface area contributed by atoms with Gasteiger partial charge in [0.05, 0.1) is 11.3 Å². The summed E-state index contributed by atoms with van der Waals surface area (Å²) in [6.45, 7) is 4.92. The van der Waals surface area contributed by atoms with Crippen molar-refractivity contribution in [1.82, 2.24) is 9.55 Å². The molecule has 0 radical (unpaired) electrons. The van der Waals surface area contributed by atoms with E-state index >= 15 is 0 Å². The van der Waals surface area contributed by atoms with Crippen LogP contribution < -0.4 is 4.90 Å². The largest absolute Gasteiger partial charge is 0.333 e. The van der Waals surface area contributed by atoms with Gasteiger partial charge in [0, 0.05) is 25.5 Å². The van der Waals surface area contributed by atoms with E-state index < -0.39 is 11.7 Å². The third-order valence-corrected chi connectivity index (χ3v) is 3.62. The van der Waals surface area contributed by atoms with Crippen LogP contribution in [0.1, 0.15) is 21.7 Å². The van der Waals surface area contributed by atoms with Gasteiger partial charge in [-0.1, -0.05) is 11.6 Å². The first kappa shape index (κ1) is 12.6. The Bertz CT molecular complexity index is 703. The summed E-state index contributed by atoms with van der Waals surface area (Å²) < 4.78 is 1.96. The average molecular weight is 269 g/mol. The number of carbonyl (C=O) groups is 2. The van der Waals surface area contributed by atoms with Crippen LogP contribution in [0.5, 0.6) is 0 Å². The molecule has 0 spiro atoms. The minimum atomic E-state index is -0.441. The molecule has 1 aliphatic rings. The third-order valence-electron chi connectivity index (χ3n) is 3.62. The van der Waals surface area contributed by atoms with Crippen LogP contribution in [0, 0.1) is 13.8 Å². The second kappa shape index (κ2) is 4.59. The Balaban J connectivity index is 1.86. The number of ketones is 1. The highest BCUT2D eigenvalue weighted by molar-refractivity contribution is 6.52. The molecule has 2 aromatic rings. The highest BCUT2D eigenvalue weighted by Gasteiger charge is 2.35. The molecular formula is C15H15N3O2. The number of anilines is 1. The first-order valence-electron chi connectivity index (χ1n) is 6.52. The molecule has 2 heterocycles. The van der Waals surface area contributed by atoms with E-state index in [1.165, 1.54) is 0 Å². The van der Waals surface area contributed by atoms with E-state index in [0.29, 0.717) is 24.3 Å². The van der Waals surface area contributed by atoms with Crippen LogP contribution in [0.15, 0.2) is 30.6 Å². The lowest BCUT2D eigenvalue weighted by molar-refractivity contribution is -0.114. The molecule has 5 heteroatoms. The van der Waals surface area contributed by atoms with Crippen molar-refractivity contribution in [3.8, 4) is 0 Å². The zero-order chi connectivity index (χ0) is 14.3. The number of hydrogen-bond donors (Lipinski definition) is 0. The summed E-state index contributed by atoms with van der Waals surface area (Å²) in [5.74, 6) is 0.0431. The zero-order valence-corrected chi connectivity index (χ0v) is 11.5. The molecule has 0 saturated carbocycles. The molecule has 5 nitrogen and oxygen atoms in total. The van der Waals surface area contributed by atoms with Crippen molar-refractivity contribution >= 4 is 17.4 Å². The van der Waals surface area contributed by atoms with Crippen LogP contribution in [0.2, 0.25) is 0 Å². The first-order valence-corrected chi connectivity index (χ1v) is 6.52. The van der Waals surface area contributed by atoms with Gasteiger partial charge < -0.3 is 9.47 Å². The molecule has 1 aromatic heterocycles. The number of Topliss-reactive ketones (excluding diaryl/α,β-unsaturated/α-hetero) is 1. The fourth-order valence-electron chi connectivity index (χ4n) is 2.48. The quantitative estimate of drug-likeness (QED) is 0.797. The SMILES string of the molecule is Cc1ccc2c(c1)C(=O)C(=O)N2CCn1ccnc1C. The molecule has 1 aromatic carbocycles. The van der Waals surface area contributed by atoms with Crippen molar-refractivity contribution < 1.29 is 9.59 Å². The number of amides is 1. The number of hydrogen-bond acceptors (Lipinski definition) is 3. The fraction of sp³-hybridized carbons (Fsp3) is 0.267. The van der Waals surface area contributed by atoms with Crippen LogP contribution >= 0.6 is 0 Å². The minimum Gasteiger partial charge on any atom is -0.333 e. The molecule has 20 heavy (non-hydrogen) atoms. The lowest BCUT2D eigenvalue weighted by Crippen LogP contribution is -2.32. The van der Waals surface area contributed by atoms with E-state index in [1.807, 2.05) is 36.7 Å². The van der Waals surface area contributed by atoms with E-state index in [4.69, 9.17) is 0 Å². The topological polar surface area (TPSA) is 55.2 Å². The normalized spacial score (nSPS) is 14.0. The summed E-state index contributed by atoms with van der Waals surface area (Å²) in [5, 5.41) is 0. The van der Waals surface area contributed by atoms with Gasteiger partial charge >= 0.3 is 0 Å². The van der Waals surface area contributed by atoms with Crippen LogP contribution in [0.25, 0.3) is 0 Å². The molecule has 102 valence electrons. The van der Waals surface area contributed by atoms with Gasteiger partial charge in [0.2, 0.25) is 0 Å². The summed E-state index contributed by atoms with van der Waals surface area (Å²) in [6, 6.07) is 5.53. The van der Waals surface area contributed by atoms with Gasteiger partial charge in [-0.3, -0.25) is 9.59 Å². The van der Waals surface area contributed by atoms with Gasteiger partial charge in [-0.15, -0.1) is 0 Å². The van der Waals surface area contributed by atoms with Crippen molar-refractivity contribution in [2.24, 2.45) is 0 Å². The molecule has 0 fully saturated rings. The molecule has 0 bridgehead atoms. The van der Waals surface area contributed by atoms with Crippen molar-refractivity contribution in [1.29, 1.82) is 0 Å². The molecule has 1 amide bonds. The van der Waals surface area contributed by atoms with Crippen LogP contribution in [0.4, 0.5) is 5.69 Å². The Hall–Kier alpha value is -2.43. The summed E-state index contributed by atoms with van der Waals surface area (Å²) >= 11 is 0. The Morgan fingerprint density at radius 3 is 2.65 bits per heavy atom. The molecule has 0 unspecified atom stereocenters. The monoisotopic (exact) mass is 269 g/mol. The molecule has 0 aliphatic carbocycles. The highest BCUT2D eigenvalue weighted by atomic mass is 16.2. The first-order chi connectivity index (χ1) is 9.58. The van der Waals surface area contributed by atoms with E-state index in [9.17, 15) is 9.59 Å². The Kier molecular flexibility index (Phi) is 2.89. The third kappa shape index (κ3) is 1.91. The number of carbonyl (C=O) groups excluding carboxylic acids is 2. The fourth-order valence-corrected chi connectivity index (χ4v) is 2.48. The number of rotatable bonds is 3. The van der Waals surface area contributed by atoms with Crippen LogP contribution in [-0.4, -0.2) is 27.8 Å². The van der Waals surface area contributed by atoms with E-state index in [0.717, 1.165) is 11.4 Å². The summed E-state index contributed by atoms with van der Waals surface area (Å²) in [4.78, 5) is 29.7. The second-order valence-corrected chi connectivity index (χ2v) is 4.97. The standard InChI is InChI=1S/C15H15N3O2/c1-10-3-4-13-12(9-10)14(19)15(20)18(13)8-7-17-6-5-16-11(17)2/h3-6,9H,7-8H2,1-2H3. The van der Waals surface area contributed by atoms with Gasteiger partial charge in [0.25, 0.3) is 11.7 Å². The number of aromatic nitrogens is 2. The van der Waals surface area contributed by atoms with Crippen LogP contribution in [0.3, 0.4) is 0 Å². The number of imidazole rings is 1. The highest BCUT2D eigenvalue weighted by Crippen LogP contribution is 2.29. The van der Waals surface area contributed by atoms with Crippen molar-refractivity contribution in [2.45, 2.75) is 20.4 Å². The van der Waals surface area contributed by atoms with Crippen molar-refractivity contribution in [2.75, 3.05) is 11.4 Å².